The summed E-state index contributed by atoms with van der Waals surface area (Å²) in [7, 11) is 1.56. The van der Waals surface area contributed by atoms with Crippen molar-refractivity contribution in [2.75, 3.05) is 24.9 Å². The molecule has 0 aromatic heterocycles. The minimum Gasteiger partial charge on any atom is -0.507 e. The van der Waals surface area contributed by atoms with Crippen LogP contribution >= 0.6 is 11.6 Å². The number of carbonyl (C=O) groups excluding carboxylic acids is 3. The first-order valence-electron chi connectivity index (χ1n) is 20.3. The largest absolute Gasteiger partial charge is 0.507 e. The molecule has 3 unspecified atom stereocenters. The number of nitrogens with zero attached hydrogens (tertiary/aromatic N) is 2. The molecular weight excluding hydrogens is 799 g/mol. The summed E-state index contributed by atoms with van der Waals surface area (Å²) in [5.41, 5.74) is 5.56. The number of ketones is 1. The number of ether oxygens (including phenoxy) is 2. The van der Waals surface area contributed by atoms with Crippen LogP contribution < -0.4 is 5.32 Å². The van der Waals surface area contributed by atoms with Gasteiger partial charge < -0.3 is 29.9 Å². The molecule has 3 N–H and O–H groups in total. The molecule has 60 heavy (non-hydrogen) atoms. The van der Waals surface area contributed by atoms with E-state index in [4.69, 9.17) is 26.1 Å². The van der Waals surface area contributed by atoms with Crippen LogP contribution in [0.25, 0.3) is 16.3 Å². The van der Waals surface area contributed by atoms with Gasteiger partial charge in [0.25, 0.3) is 11.8 Å². The Hall–Kier alpha value is -4.82. The van der Waals surface area contributed by atoms with E-state index in [0.717, 1.165) is 59.6 Å². The van der Waals surface area contributed by atoms with Crippen LogP contribution in [0.5, 0.6) is 5.75 Å². The first-order valence-corrected chi connectivity index (χ1v) is 20.8. The molecule has 3 aromatic rings. The van der Waals surface area contributed by atoms with E-state index in [9.17, 15) is 37.8 Å². The number of phenols is 1. The maximum Gasteiger partial charge on any atom is 0.423 e. The molecule has 2 aliphatic heterocycles. The van der Waals surface area contributed by atoms with Crippen molar-refractivity contribution in [3.8, 4) is 5.75 Å². The number of amides is 2. The Kier molecular flexibility index (Phi) is 10.1. The number of halogens is 4. The molecule has 10 nitrogen and oxygen atoms in total. The summed E-state index contributed by atoms with van der Waals surface area (Å²) in [4.78, 5) is 45.7. The standard InChI is InChI=1S/C46H45ClF3N3O7/c1-24-4-3-5-31-35(54)14-32-26(12-27(17-47)40(32)39(24)31)8-11-38(55)45-20-44(21-45,22-45)23-60-37-16-34-33(15-36(37)59-2)43(58)53-19-28(13-30(53)18-51-34)25-6-9-29(10-7-25)52-42(57)41(56)46(48,49)50/h3-7,9-10,14-16,18-19,26-27,30,36-37,41,54,56H,8,11-13,17,20-23H2,1-2H3,(H,52,57)/t26?,27-,30-,36?,37?,41-,44?,45?/m0/s1. The summed E-state index contributed by atoms with van der Waals surface area (Å²) in [6, 6.07) is 13.6. The summed E-state index contributed by atoms with van der Waals surface area (Å²) in [5.74, 6) is -0.419. The number of fused-ring (bicyclic) bond motifs is 5. The number of hydrogen-bond donors (Lipinski definition) is 3. The highest BCUT2D eigenvalue weighted by atomic mass is 35.5. The van der Waals surface area contributed by atoms with E-state index in [1.54, 1.807) is 42.6 Å². The van der Waals surface area contributed by atoms with E-state index in [1.165, 1.54) is 17.7 Å². The van der Waals surface area contributed by atoms with Crippen molar-refractivity contribution in [2.24, 2.45) is 15.8 Å². The number of phenolic OH excluding ortho intramolecular Hbond substituents is 1. The van der Waals surface area contributed by atoms with Gasteiger partial charge in [-0.25, -0.2) is 0 Å². The van der Waals surface area contributed by atoms with Gasteiger partial charge in [-0.3, -0.25) is 19.4 Å². The zero-order valence-corrected chi connectivity index (χ0v) is 33.9. The number of aromatic hydroxyl groups is 1. The van der Waals surface area contributed by atoms with Gasteiger partial charge in [-0.05, 0) is 120 Å². The first kappa shape index (κ1) is 40.6. The molecule has 2 bridgehead atoms. The van der Waals surface area contributed by atoms with Gasteiger partial charge in [0.1, 0.15) is 23.7 Å². The Morgan fingerprint density at radius 2 is 1.83 bits per heavy atom. The third-order valence-corrected chi connectivity index (χ3v) is 14.0. The highest BCUT2D eigenvalue weighted by molar-refractivity contribution is 6.18. The molecule has 314 valence electrons. The average Bonchev–Trinajstić information content (AvgIpc) is 3.75. The van der Waals surface area contributed by atoms with Crippen molar-refractivity contribution in [2.45, 2.75) is 94.2 Å². The maximum absolute atomic E-state index is 13.9. The van der Waals surface area contributed by atoms with Crippen LogP contribution in [0.4, 0.5) is 18.9 Å². The Labute approximate surface area is 349 Å². The number of benzene rings is 3. The molecular formula is C46H45ClF3N3O7. The normalized spacial score (nSPS) is 29.3. The summed E-state index contributed by atoms with van der Waals surface area (Å²) in [6.07, 6.45) is 2.67. The number of aliphatic hydroxyl groups excluding tert-OH is 1. The van der Waals surface area contributed by atoms with Gasteiger partial charge in [-0.15, -0.1) is 11.6 Å². The quantitative estimate of drug-likeness (QED) is 0.157. The number of carbonyl (C=O) groups is 3. The van der Waals surface area contributed by atoms with Crippen molar-refractivity contribution >= 4 is 57.4 Å². The van der Waals surface area contributed by atoms with Crippen LogP contribution in [0.2, 0.25) is 0 Å². The number of aliphatic imine (C=N–C) groups is 1. The molecule has 3 saturated carbocycles. The Morgan fingerprint density at radius 1 is 1.08 bits per heavy atom. The van der Waals surface area contributed by atoms with Gasteiger partial charge in [0, 0.05) is 54.7 Å². The molecule has 2 amide bonds. The lowest BCUT2D eigenvalue weighted by Crippen LogP contribution is -2.67. The minimum absolute atomic E-state index is 0.0665. The second-order valence-electron chi connectivity index (χ2n) is 17.5. The summed E-state index contributed by atoms with van der Waals surface area (Å²) in [5, 5.41) is 24.1. The van der Waals surface area contributed by atoms with Crippen LogP contribution in [-0.2, 0) is 23.9 Å². The topological polar surface area (TPSA) is 138 Å². The highest BCUT2D eigenvalue weighted by Crippen LogP contribution is 2.74. The third kappa shape index (κ3) is 6.87. The van der Waals surface area contributed by atoms with Crippen molar-refractivity contribution in [1.82, 2.24) is 4.90 Å². The van der Waals surface area contributed by atoms with Crippen LogP contribution in [0.3, 0.4) is 0 Å². The smallest absolute Gasteiger partial charge is 0.423 e. The van der Waals surface area contributed by atoms with Crippen LogP contribution in [0, 0.1) is 17.8 Å². The van der Waals surface area contributed by atoms with Gasteiger partial charge in [0.2, 0.25) is 6.10 Å². The summed E-state index contributed by atoms with van der Waals surface area (Å²) >= 11 is 6.49. The van der Waals surface area contributed by atoms with Gasteiger partial charge in [0.15, 0.2) is 0 Å². The lowest BCUT2D eigenvalue weighted by atomic mass is 9.34. The van der Waals surface area contributed by atoms with E-state index in [1.807, 2.05) is 24.3 Å². The van der Waals surface area contributed by atoms with Gasteiger partial charge in [0.05, 0.1) is 23.9 Å². The van der Waals surface area contributed by atoms with Gasteiger partial charge >= 0.3 is 6.18 Å². The van der Waals surface area contributed by atoms with E-state index in [0.29, 0.717) is 47.9 Å². The molecule has 0 spiro atoms. The second-order valence-corrected chi connectivity index (χ2v) is 17.8. The first-order chi connectivity index (χ1) is 28.6. The molecule has 7 aliphatic rings. The molecule has 3 aromatic carbocycles. The minimum atomic E-state index is -5.08. The zero-order chi connectivity index (χ0) is 42.3. The molecule has 3 fully saturated rings. The summed E-state index contributed by atoms with van der Waals surface area (Å²) in [6.45, 7) is 2.53. The number of anilines is 1. The maximum atomic E-state index is 13.9. The van der Waals surface area contributed by atoms with Crippen molar-refractivity contribution in [3.63, 3.8) is 0 Å². The van der Waals surface area contributed by atoms with Gasteiger partial charge in [-0.1, -0.05) is 30.3 Å². The van der Waals surface area contributed by atoms with Crippen LogP contribution in [-0.4, -0.2) is 89.1 Å². The Bertz CT molecular complexity index is 2410. The molecule has 2 heterocycles. The third-order valence-electron chi connectivity index (χ3n) is 13.6. The van der Waals surface area contributed by atoms with Crippen LogP contribution in [0.15, 0.2) is 83.1 Å². The number of rotatable bonds is 12. The number of aliphatic hydroxyl groups is 1. The molecule has 6 atom stereocenters. The predicted molar refractivity (Wildman–Crippen MR) is 220 cm³/mol. The fourth-order valence-corrected chi connectivity index (χ4v) is 11.0. The zero-order valence-electron chi connectivity index (χ0n) is 33.1. The fraction of sp³-hybridized carbons (Fsp3) is 0.435. The van der Waals surface area contributed by atoms with Crippen molar-refractivity contribution < 1.29 is 47.2 Å². The van der Waals surface area contributed by atoms with E-state index in [-0.39, 0.29) is 46.1 Å². The molecule has 0 saturated heterocycles. The molecule has 10 rings (SSSR count). The Morgan fingerprint density at radius 3 is 2.53 bits per heavy atom. The number of methoxy groups -OCH3 is 1. The predicted octanol–water partition coefficient (Wildman–Crippen LogP) is 8.00. The van der Waals surface area contributed by atoms with E-state index < -0.39 is 30.4 Å². The number of alkyl halides is 4. The average molecular weight is 844 g/mol. The van der Waals surface area contributed by atoms with Crippen LogP contribution in [0.1, 0.15) is 79.0 Å². The van der Waals surface area contributed by atoms with Crippen molar-refractivity contribution in [3.05, 3.63) is 100 Å². The lowest BCUT2D eigenvalue weighted by molar-refractivity contribution is -0.231. The number of nitrogens with one attached hydrogen (secondary N) is 1. The fourth-order valence-electron chi connectivity index (χ4n) is 10.7. The molecule has 5 aliphatic carbocycles. The monoisotopic (exact) mass is 843 g/mol. The van der Waals surface area contributed by atoms with E-state index >= 15 is 0 Å². The van der Waals surface area contributed by atoms with Gasteiger partial charge in [-0.2, -0.15) is 13.2 Å². The second kappa shape index (κ2) is 15.0. The highest BCUT2D eigenvalue weighted by Gasteiger charge is 2.70. The number of aryl methyl sites for hydroxylation is 1. The SMILES string of the molecule is COC1C=C2C(=O)N3C=C(c4ccc(NC(=O)[C@H](O)C(F)(F)F)cc4)C[C@H]3C=NC2=CC1OCC12CC(C(=O)CCC3C[C@@H](CCl)c4c3cc(O)c3cccc(C)c43)(C1)C2. The van der Waals surface area contributed by atoms with Crippen molar-refractivity contribution in [1.29, 1.82) is 0 Å². The summed E-state index contributed by atoms with van der Waals surface area (Å²) < 4.78 is 50.4. The molecule has 14 heteroatoms. The number of Topliss-reactive ketones (excluding diaryl/α,β-unsaturated/α-hetero) is 1. The van der Waals surface area contributed by atoms with E-state index in [2.05, 4.69) is 18.3 Å². The Balaban J connectivity index is 0.796. The molecule has 0 radical (unpaired) electrons. The number of hydrogen-bond acceptors (Lipinski definition) is 8. The lowest BCUT2D eigenvalue weighted by Gasteiger charge is -2.69.